The lowest BCUT2D eigenvalue weighted by atomic mass is 10.2. The van der Waals surface area contributed by atoms with Crippen molar-refractivity contribution in [2.75, 3.05) is 20.0 Å². The Labute approximate surface area is 116 Å². The van der Waals surface area contributed by atoms with Gasteiger partial charge in [0, 0.05) is 0 Å². The number of nitrogen functional groups attached to an aromatic ring is 1. The highest BCUT2D eigenvalue weighted by Gasteiger charge is 2.11. The van der Waals surface area contributed by atoms with E-state index in [2.05, 4.69) is 0 Å². The fourth-order valence-electron chi connectivity index (χ4n) is 1.67. The van der Waals surface area contributed by atoms with Crippen LogP contribution in [0.3, 0.4) is 0 Å². The first-order valence-corrected chi connectivity index (χ1v) is 5.94. The summed E-state index contributed by atoms with van der Waals surface area (Å²) in [4.78, 5) is 12.0. The Morgan fingerprint density at radius 1 is 0.950 bits per heavy atom. The van der Waals surface area contributed by atoms with Crippen molar-refractivity contribution < 1.29 is 19.0 Å². The predicted molar refractivity (Wildman–Crippen MR) is 75.4 cm³/mol. The summed E-state index contributed by atoms with van der Waals surface area (Å²) in [6.07, 6.45) is 0. The van der Waals surface area contributed by atoms with Crippen molar-refractivity contribution in [1.82, 2.24) is 0 Å². The average Bonchev–Trinajstić information content (AvgIpc) is 2.48. The standard InChI is InChI=1S/C15H15NO4/c1-18-11-4-6-12(7-5-11)20-15(17)10-3-8-14(19-2)13(16)9-10/h3-9H,16H2,1-2H3. The zero-order valence-electron chi connectivity index (χ0n) is 11.3. The second kappa shape index (κ2) is 5.97. The van der Waals surface area contributed by atoms with E-state index in [0.29, 0.717) is 28.5 Å². The Kier molecular flexibility index (Phi) is 4.10. The van der Waals surface area contributed by atoms with Crippen LogP contribution >= 0.6 is 0 Å². The van der Waals surface area contributed by atoms with E-state index in [0.717, 1.165) is 0 Å². The Bertz CT molecular complexity index is 608. The number of carbonyl (C=O) groups excluding carboxylic acids is 1. The first kappa shape index (κ1) is 13.7. The summed E-state index contributed by atoms with van der Waals surface area (Å²) in [6, 6.07) is 11.5. The number of ether oxygens (including phenoxy) is 3. The third-order valence-corrected chi connectivity index (χ3v) is 2.74. The van der Waals surface area contributed by atoms with Crippen LogP contribution in [-0.4, -0.2) is 20.2 Å². The lowest BCUT2D eigenvalue weighted by molar-refractivity contribution is 0.0734. The van der Waals surface area contributed by atoms with E-state index in [1.54, 1.807) is 43.5 Å². The highest BCUT2D eigenvalue weighted by atomic mass is 16.5. The van der Waals surface area contributed by atoms with Crippen molar-refractivity contribution in [2.24, 2.45) is 0 Å². The molecule has 2 aromatic carbocycles. The average molecular weight is 273 g/mol. The van der Waals surface area contributed by atoms with Gasteiger partial charge in [-0.15, -0.1) is 0 Å². The molecule has 0 aliphatic carbocycles. The molecule has 0 bridgehead atoms. The van der Waals surface area contributed by atoms with Gasteiger partial charge in [0.05, 0.1) is 25.5 Å². The van der Waals surface area contributed by atoms with Gasteiger partial charge in [-0.1, -0.05) is 0 Å². The number of methoxy groups -OCH3 is 2. The summed E-state index contributed by atoms with van der Waals surface area (Å²) in [7, 11) is 3.09. The van der Waals surface area contributed by atoms with Crippen molar-refractivity contribution in [2.45, 2.75) is 0 Å². The summed E-state index contributed by atoms with van der Waals surface area (Å²) >= 11 is 0. The largest absolute Gasteiger partial charge is 0.497 e. The summed E-state index contributed by atoms with van der Waals surface area (Å²) < 4.78 is 15.3. The summed E-state index contributed by atoms with van der Waals surface area (Å²) in [5.41, 5.74) is 6.50. The molecule has 2 rings (SSSR count). The molecule has 0 saturated carbocycles. The number of anilines is 1. The molecular weight excluding hydrogens is 258 g/mol. The monoisotopic (exact) mass is 273 g/mol. The van der Waals surface area contributed by atoms with E-state index in [4.69, 9.17) is 19.9 Å². The Balaban J connectivity index is 2.12. The lowest BCUT2D eigenvalue weighted by Crippen LogP contribution is -2.09. The number of benzene rings is 2. The normalized spacial score (nSPS) is 9.90. The van der Waals surface area contributed by atoms with Crippen molar-refractivity contribution in [1.29, 1.82) is 0 Å². The van der Waals surface area contributed by atoms with E-state index < -0.39 is 5.97 Å². The molecule has 0 fully saturated rings. The molecule has 0 spiro atoms. The van der Waals surface area contributed by atoms with E-state index in [-0.39, 0.29) is 0 Å². The summed E-state index contributed by atoms with van der Waals surface area (Å²) in [5, 5.41) is 0. The van der Waals surface area contributed by atoms with Crippen molar-refractivity contribution >= 4 is 11.7 Å². The fraction of sp³-hybridized carbons (Fsp3) is 0.133. The Hall–Kier alpha value is -2.69. The molecule has 2 N–H and O–H groups in total. The first-order chi connectivity index (χ1) is 9.63. The second-order valence-corrected chi connectivity index (χ2v) is 4.02. The van der Waals surface area contributed by atoms with Crippen molar-refractivity contribution in [3.05, 3.63) is 48.0 Å². The molecule has 2 aromatic rings. The highest BCUT2D eigenvalue weighted by molar-refractivity contribution is 5.92. The number of rotatable bonds is 4. The van der Waals surface area contributed by atoms with Gasteiger partial charge in [0.2, 0.25) is 0 Å². The summed E-state index contributed by atoms with van der Waals surface area (Å²) in [5.74, 6) is 1.17. The predicted octanol–water partition coefficient (Wildman–Crippen LogP) is 2.51. The minimum atomic E-state index is -0.482. The molecule has 0 atom stereocenters. The number of hydrogen-bond donors (Lipinski definition) is 1. The maximum absolute atomic E-state index is 12.0. The number of esters is 1. The van der Waals surface area contributed by atoms with Crippen LogP contribution in [0.1, 0.15) is 10.4 Å². The topological polar surface area (TPSA) is 70.8 Å². The van der Waals surface area contributed by atoms with Gasteiger partial charge in [-0.25, -0.2) is 4.79 Å². The Morgan fingerprint density at radius 3 is 2.15 bits per heavy atom. The lowest BCUT2D eigenvalue weighted by Gasteiger charge is -2.08. The SMILES string of the molecule is COc1ccc(OC(=O)c2ccc(OC)c(N)c2)cc1. The van der Waals surface area contributed by atoms with Gasteiger partial charge in [-0.3, -0.25) is 0 Å². The van der Waals surface area contributed by atoms with Crippen LogP contribution in [-0.2, 0) is 0 Å². The zero-order valence-corrected chi connectivity index (χ0v) is 11.3. The van der Waals surface area contributed by atoms with E-state index in [1.165, 1.54) is 13.2 Å². The molecular formula is C15H15NO4. The first-order valence-electron chi connectivity index (χ1n) is 5.94. The molecule has 0 radical (unpaired) electrons. The number of carbonyl (C=O) groups is 1. The van der Waals surface area contributed by atoms with Crippen LogP contribution in [0, 0.1) is 0 Å². The van der Waals surface area contributed by atoms with E-state index >= 15 is 0 Å². The molecule has 0 unspecified atom stereocenters. The molecule has 104 valence electrons. The maximum atomic E-state index is 12.0. The van der Waals surface area contributed by atoms with Gasteiger partial charge in [0.25, 0.3) is 0 Å². The molecule has 0 aliphatic heterocycles. The summed E-state index contributed by atoms with van der Waals surface area (Å²) in [6.45, 7) is 0. The van der Waals surface area contributed by atoms with Gasteiger partial charge < -0.3 is 19.9 Å². The maximum Gasteiger partial charge on any atom is 0.343 e. The molecule has 0 aliphatic rings. The fourth-order valence-corrected chi connectivity index (χ4v) is 1.67. The van der Waals surface area contributed by atoms with Crippen LogP contribution in [0.25, 0.3) is 0 Å². The molecule has 0 heterocycles. The quantitative estimate of drug-likeness (QED) is 0.526. The van der Waals surface area contributed by atoms with Crippen LogP contribution < -0.4 is 19.9 Å². The van der Waals surface area contributed by atoms with Crippen LogP contribution in [0.15, 0.2) is 42.5 Å². The van der Waals surface area contributed by atoms with E-state index in [9.17, 15) is 4.79 Å². The van der Waals surface area contributed by atoms with Crippen LogP contribution in [0.5, 0.6) is 17.2 Å². The highest BCUT2D eigenvalue weighted by Crippen LogP contribution is 2.23. The molecule has 20 heavy (non-hydrogen) atoms. The minimum absolute atomic E-state index is 0.360. The molecule has 5 nitrogen and oxygen atoms in total. The third kappa shape index (κ3) is 3.00. The van der Waals surface area contributed by atoms with Gasteiger partial charge >= 0.3 is 5.97 Å². The smallest absolute Gasteiger partial charge is 0.343 e. The number of hydrogen-bond acceptors (Lipinski definition) is 5. The van der Waals surface area contributed by atoms with Gasteiger partial charge in [-0.2, -0.15) is 0 Å². The second-order valence-electron chi connectivity index (χ2n) is 4.02. The van der Waals surface area contributed by atoms with Crippen LogP contribution in [0.2, 0.25) is 0 Å². The minimum Gasteiger partial charge on any atom is -0.497 e. The number of nitrogens with two attached hydrogens (primary N) is 1. The van der Waals surface area contributed by atoms with Crippen molar-refractivity contribution in [3.8, 4) is 17.2 Å². The molecule has 0 aromatic heterocycles. The third-order valence-electron chi connectivity index (χ3n) is 2.74. The van der Waals surface area contributed by atoms with Gasteiger partial charge in [0.15, 0.2) is 0 Å². The zero-order chi connectivity index (χ0) is 14.5. The van der Waals surface area contributed by atoms with Crippen LogP contribution in [0.4, 0.5) is 5.69 Å². The molecule has 5 heteroatoms. The van der Waals surface area contributed by atoms with E-state index in [1.807, 2.05) is 0 Å². The molecule has 0 amide bonds. The van der Waals surface area contributed by atoms with Crippen molar-refractivity contribution in [3.63, 3.8) is 0 Å². The molecule has 0 saturated heterocycles. The van der Waals surface area contributed by atoms with Gasteiger partial charge in [0.1, 0.15) is 17.2 Å². The Morgan fingerprint density at radius 2 is 1.60 bits per heavy atom. The van der Waals surface area contributed by atoms with Gasteiger partial charge in [-0.05, 0) is 42.5 Å².